The summed E-state index contributed by atoms with van der Waals surface area (Å²) < 4.78 is 11.0. The number of aromatic carboxylic acids is 1. The zero-order valence-corrected chi connectivity index (χ0v) is 11.1. The normalized spacial score (nSPS) is 23.1. The van der Waals surface area contributed by atoms with Crippen LogP contribution in [-0.2, 0) is 4.74 Å². The monoisotopic (exact) mass is 266 g/mol. The van der Waals surface area contributed by atoms with Gasteiger partial charge in [-0.2, -0.15) is 4.98 Å². The fourth-order valence-corrected chi connectivity index (χ4v) is 2.28. The van der Waals surface area contributed by atoms with Gasteiger partial charge in [-0.05, 0) is 32.3 Å². The Balaban J connectivity index is 2.08. The number of carbonyl (C=O) groups is 1. The Morgan fingerprint density at radius 3 is 2.79 bits per heavy atom. The molecule has 1 saturated carbocycles. The van der Waals surface area contributed by atoms with Crippen molar-refractivity contribution < 1.29 is 19.4 Å². The SMILES string of the molecule is COC1CCCC(Oc2nc(C)cc(C(=O)O)n2)C1. The second-order valence-electron chi connectivity index (χ2n) is 4.75. The summed E-state index contributed by atoms with van der Waals surface area (Å²) in [6, 6.07) is 1.56. The number of carboxylic acids is 1. The number of carboxylic acid groups (broad SMARTS) is 1. The molecule has 0 aromatic carbocycles. The van der Waals surface area contributed by atoms with E-state index in [0.717, 1.165) is 25.7 Å². The molecular weight excluding hydrogens is 248 g/mol. The van der Waals surface area contributed by atoms with Gasteiger partial charge in [0, 0.05) is 19.2 Å². The summed E-state index contributed by atoms with van der Waals surface area (Å²) in [4.78, 5) is 19.0. The Hall–Kier alpha value is -1.69. The lowest BCUT2D eigenvalue weighted by Crippen LogP contribution is -2.30. The van der Waals surface area contributed by atoms with Crippen molar-refractivity contribution in [2.24, 2.45) is 0 Å². The van der Waals surface area contributed by atoms with Gasteiger partial charge in [0.05, 0.1) is 6.10 Å². The first kappa shape index (κ1) is 13.7. The first-order valence-electron chi connectivity index (χ1n) is 6.37. The highest BCUT2D eigenvalue weighted by molar-refractivity contribution is 5.85. The van der Waals surface area contributed by atoms with Gasteiger partial charge in [-0.3, -0.25) is 0 Å². The first-order chi connectivity index (χ1) is 9.08. The quantitative estimate of drug-likeness (QED) is 0.895. The molecule has 0 aliphatic heterocycles. The lowest BCUT2D eigenvalue weighted by atomic mass is 9.95. The average molecular weight is 266 g/mol. The minimum Gasteiger partial charge on any atom is -0.477 e. The van der Waals surface area contributed by atoms with E-state index in [4.69, 9.17) is 14.6 Å². The number of hydrogen-bond acceptors (Lipinski definition) is 5. The Morgan fingerprint density at radius 2 is 2.11 bits per heavy atom. The van der Waals surface area contributed by atoms with Gasteiger partial charge in [-0.1, -0.05) is 0 Å². The smallest absolute Gasteiger partial charge is 0.354 e. The molecule has 1 aromatic rings. The number of nitrogens with zero attached hydrogens (tertiary/aromatic N) is 2. The molecule has 1 aliphatic rings. The Morgan fingerprint density at radius 1 is 1.37 bits per heavy atom. The predicted molar refractivity (Wildman–Crippen MR) is 67.4 cm³/mol. The van der Waals surface area contributed by atoms with Crippen molar-refractivity contribution in [1.29, 1.82) is 0 Å². The van der Waals surface area contributed by atoms with Gasteiger partial charge in [0.15, 0.2) is 5.69 Å². The van der Waals surface area contributed by atoms with Crippen LogP contribution in [0, 0.1) is 6.92 Å². The van der Waals surface area contributed by atoms with Gasteiger partial charge >= 0.3 is 12.0 Å². The van der Waals surface area contributed by atoms with E-state index in [-0.39, 0.29) is 23.9 Å². The molecule has 0 radical (unpaired) electrons. The Kier molecular flexibility index (Phi) is 4.31. The number of rotatable bonds is 4. The van der Waals surface area contributed by atoms with Crippen molar-refractivity contribution in [3.8, 4) is 6.01 Å². The van der Waals surface area contributed by atoms with Crippen LogP contribution in [-0.4, -0.2) is 40.4 Å². The molecule has 104 valence electrons. The van der Waals surface area contributed by atoms with E-state index in [9.17, 15) is 4.79 Å². The van der Waals surface area contributed by atoms with Gasteiger partial charge in [0.1, 0.15) is 6.10 Å². The molecule has 1 heterocycles. The predicted octanol–water partition coefficient (Wildman–Crippen LogP) is 1.82. The summed E-state index contributed by atoms with van der Waals surface area (Å²) in [5, 5.41) is 8.95. The van der Waals surface area contributed by atoms with Crippen LogP contribution in [0.4, 0.5) is 0 Å². The van der Waals surface area contributed by atoms with Crippen LogP contribution >= 0.6 is 0 Å². The van der Waals surface area contributed by atoms with Crippen molar-refractivity contribution in [3.05, 3.63) is 17.5 Å². The highest BCUT2D eigenvalue weighted by Crippen LogP contribution is 2.24. The zero-order chi connectivity index (χ0) is 13.8. The zero-order valence-electron chi connectivity index (χ0n) is 11.1. The summed E-state index contributed by atoms with van der Waals surface area (Å²) in [6.45, 7) is 1.72. The van der Waals surface area contributed by atoms with E-state index in [0.29, 0.717) is 5.69 Å². The van der Waals surface area contributed by atoms with Crippen LogP contribution in [0.2, 0.25) is 0 Å². The van der Waals surface area contributed by atoms with Crippen molar-refractivity contribution in [2.75, 3.05) is 7.11 Å². The van der Waals surface area contributed by atoms with Gasteiger partial charge in [0.2, 0.25) is 0 Å². The maximum absolute atomic E-state index is 10.9. The third kappa shape index (κ3) is 3.64. The molecule has 0 saturated heterocycles. The molecule has 1 aliphatic carbocycles. The molecule has 1 aromatic heterocycles. The van der Waals surface area contributed by atoms with Crippen molar-refractivity contribution in [2.45, 2.75) is 44.8 Å². The van der Waals surface area contributed by atoms with E-state index >= 15 is 0 Å². The van der Waals surface area contributed by atoms with Crippen LogP contribution in [0.5, 0.6) is 6.01 Å². The third-order valence-corrected chi connectivity index (χ3v) is 3.24. The topological polar surface area (TPSA) is 81.5 Å². The maximum Gasteiger partial charge on any atom is 0.354 e. The van der Waals surface area contributed by atoms with Crippen LogP contribution in [0.3, 0.4) is 0 Å². The standard InChI is InChI=1S/C13H18N2O4/c1-8-6-11(12(16)17)15-13(14-8)19-10-5-3-4-9(7-10)18-2/h6,9-10H,3-5,7H2,1-2H3,(H,16,17). The summed E-state index contributed by atoms with van der Waals surface area (Å²) in [6.07, 6.45) is 3.95. The number of ether oxygens (including phenoxy) is 2. The molecule has 0 bridgehead atoms. The Bertz CT molecular complexity index is 464. The molecule has 6 nitrogen and oxygen atoms in total. The van der Waals surface area contributed by atoms with Crippen LogP contribution in [0.1, 0.15) is 41.9 Å². The van der Waals surface area contributed by atoms with Gasteiger partial charge in [-0.25, -0.2) is 9.78 Å². The van der Waals surface area contributed by atoms with Gasteiger partial charge in [0.25, 0.3) is 0 Å². The molecular formula is C13H18N2O4. The minimum atomic E-state index is -1.08. The van der Waals surface area contributed by atoms with E-state index in [1.807, 2.05) is 0 Å². The fraction of sp³-hybridized carbons (Fsp3) is 0.615. The lowest BCUT2D eigenvalue weighted by molar-refractivity contribution is 0.0176. The number of aryl methyl sites for hydroxylation is 1. The van der Waals surface area contributed by atoms with Crippen molar-refractivity contribution >= 4 is 5.97 Å². The molecule has 1 N–H and O–H groups in total. The maximum atomic E-state index is 10.9. The average Bonchev–Trinajstić information content (AvgIpc) is 2.38. The van der Waals surface area contributed by atoms with Gasteiger partial charge in [-0.15, -0.1) is 0 Å². The highest BCUT2D eigenvalue weighted by Gasteiger charge is 2.24. The third-order valence-electron chi connectivity index (χ3n) is 3.24. The molecule has 0 amide bonds. The van der Waals surface area contributed by atoms with Crippen LogP contribution in [0.15, 0.2) is 6.07 Å². The Labute approximate surface area is 111 Å². The van der Waals surface area contributed by atoms with Crippen LogP contribution in [0.25, 0.3) is 0 Å². The van der Waals surface area contributed by atoms with Crippen LogP contribution < -0.4 is 4.74 Å². The summed E-state index contributed by atoms with van der Waals surface area (Å²) in [5.41, 5.74) is 0.545. The van der Waals surface area contributed by atoms with Crippen molar-refractivity contribution in [3.63, 3.8) is 0 Å². The number of aromatic nitrogens is 2. The number of hydrogen-bond donors (Lipinski definition) is 1. The molecule has 2 atom stereocenters. The second-order valence-corrected chi connectivity index (χ2v) is 4.75. The van der Waals surface area contributed by atoms with E-state index < -0.39 is 5.97 Å². The van der Waals surface area contributed by atoms with E-state index in [1.54, 1.807) is 14.0 Å². The summed E-state index contributed by atoms with van der Waals surface area (Å²) >= 11 is 0. The van der Waals surface area contributed by atoms with E-state index in [1.165, 1.54) is 6.07 Å². The molecule has 1 fully saturated rings. The molecule has 6 heteroatoms. The van der Waals surface area contributed by atoms with E-state index in [2.05, 4.69) is 9.97 Å². The molecule has 2 rings (SSSR count). The van der Waals surface area contributed by atoms with Gasteiger partial charge < -0.3 is 14.6 Å². The highest BCUT2D eigenvalue weighted by atomic mass is 16.5. The first-order valence-corrected chi connectivity index (χ1v) is 6.37. The second kappa shape index (κ2) is 5.97. The molecule has 19 heavy (non-hydrogen) atoms. The van der Waals surface area contributed by atoms with Crippen molar-refractivity contribution in [1.82, 2.24) is 9.97 Å². The lowest BCUT2D eigenvalue weighted by Gasteiger charge is -2.27. The number of methoxy groups -OCH3 is 1. The minimum absolute atomic E-state index is 0.0119. The fourth-order valence-electron chi connectivity index (χ4n) is 2.28. The largest absolute Gasteiger partial charge is 0.477 e. The molecule has 0 spiro atoms. The summed E-state index contributed by atoms with van der Waals surface area (Å²) in [7, 11) is 1.69. The summed E-state index contributed by atoms with van der Waals surface area (Å²) in [5.74, 6) is -1.08. The molecule has 2 unspecified atom stereocenters.